The predicted molar refractivity (Wildman–Crippen MR) is 66.5 cm³/mol. The second-order valence-electron chi connectivity index (χ2n) is 4.26. The fraction of sp³-hybridized carbons (Fsp3) is 0.917. The first-order valence-electron chi connectivity index (χ1n) is 6.13. The molecule has 0 bridgehead atoms. The molecule has 0 spiro atoms. The lowest BCUT2D eigenvalue weighted by Crippen LogP contribution is -2.35. The van der Waals surface area contributed by atoms with E-state index in [1.165, 1.54) is 0 Å². The van der Waals surface area contributed by atoms with Crippen molar-refractivity contribution >= 4 is 17.7 Å². The van der Waals surface area contributed by atoms with Gasteiger partial charge in [-0.05, 0) is 37.2 Å². The van der Waals surface area contributed by atoms with Crippen molar-refractivity contribution in [2.75, 3.05) is 18.1 Å². The van der Waals surface area contributed by atoms with Gasteiger partial charge in [0, 0.05) is 0 Å². The van der Waals surface area contributed by atoms with E-state index in [4.69, 9.17) is 4.74 Å². The van der Waals surface area contributed by atoms with Gasteiger partial charge >= 0.3 is 5.97 Å². The second kappa shape index (κ2) is 7.17. The lowest BCUT2D eigenvalue weighted by molar-refractivity contribution is -0.153. The summed E-state index contributed by atoms with van der Waals surface area (Å²) in [5.74, 6) is 1.79. The molecule has 3 atom stereocenters. The summed E-state index contributed by atoms with van der Waals surface area (Å²) in [5.41, 5.74) is 0. The third-order valence-electron chi connectivity index (χ3n) is 3.05. The Bertz CT molecular complexity index is 214. The SMILES string of the molecule is CCCC(C(=O)OCC)C(O)C1CCSC1. The van der Waals surface area contributed by atoms with Crippen LogP contribution in [-0.4, -0.2) is 35.3 Å². The zero-order chi connectivity index (χ0) is 12.0. The standard InChI is InChI=1S/C12H22O3S/c1-3-5-10(12(14)15-4-2)11(13)9-6-7-16-8-9/h9-11,13H,3-8H2,1-2H3. The summed E-state index contributed by atoms with van der Waals surface area (Å²) in [6.45, 7) is 4.23. The molecule has 1 saturated heterocycles. The van der Waals surface area contributed by atoms with Gasteiger partial charge in [0.1, 0.15) is 0 Å². The summed E-state index contributed by atoms with van der Waals surface area (Å²) < 4.78 is 5.03. The number of carbonyl (C=O) groups is 1. The average molecular weight is 246 g/mol. The van der Waals surface area contributed by atoms with E-state index >= 15 is 0 Å². The topological polar surface area (TPSA) is 46.5 Å². The maximum Gasteiger partial charge on any atom is 0.311 e. The molecule has 0 aromatic rings. The van der Waals surface area contributed by atoms with Crippen molar-refractivity contribution in [3.05, 3.63) is 0 Å². The molecule has 1 aliphatic rings. The molecule has 3 unspecified atom stereocenters. The van der Waals surface area contributed by atoms with Crippen LogP contribution in [0.3, 0.4) is 0 Å². The van der Waals surface area contributed by atoms with E-state index in [9.17, 15) is 9.90 Å². The highest BCUT2D eigenvalue weighted by Gasteiger charge is 2.34. The predicted octanol–water partition coefficient (Wildman–Crippen LogP) is 2.08. The lowest BCUT2D eigenvalue weighted by Gasteiger charge is -2.25. The highest BCUT2D eigenvalue weighted by molar-refractivity contribution is 7.99. The van der Waals surface area contributed by atoms with Crippen LogP contribution in [0.5, 0.6) is 0 Å². The number of thioether (sulfide) groups is 1. The maximum atomic E-state index is 11.7. The first-order valence-corrected chi connectivity index (χ1v) is 7.28. The Balaban J connectivity index is 2.56. The zero-order valence-corrected chi connectivity index (χ0v) is 11.0. The van der Waals surface area contributed by atoms with E-state index in [2.05, 4.69) is 0 Å². The van der Waals surface area contributed by atoms with Crippen LogP contribution in [0.2, 0.25) is 0 Å². The van der Waals surface area contributed by atoms with Gasteiger partial charge in [-0.2, -0.15) is 11.8 Å². The maximum absolute atomic E-state index is 11.7. The van der Waals surface area contributed by atoms with Gasteiger partial charge in [0.15, 0.2) is 0 Å². The fourth-order valence-corrected chi connectivity index (χ4v) is 3.44. The molecule has 0 aliphatic carbocycles. The van der Waals surface area contributed by atoms with E-state index in [1.54, 1.807) is 6.92 Å². The molecule has 1 rings (SSSR count). The summed E-state index contributed by atoms with van der Waals surface area (Å²) in [4.78, 5) is 11.7. The number of aliphatic hydroxyl groups excluding tert-OH is 1. The van der Waals surface area contributed by atoms with Gasteiger partial charge in [-0.3, -0.25) is 4.79 Å². The molecule has 0 aromatic carbocycles. The molecule has 16 heavy (non-hydrogen) atoms. The Hall–Kier alpha value is -0.220. The van der Waals surface area contributed by atoms with E-state index in [1.807, 2.05) is 18.7 Å². The van der Waals surface area contributed by atoms with Crippen LogP contribution in [0.15, 0.2) is 0 Å². The minimum Gasteiger partial charge on any atom is -0.466 e. The van der Waals surface area contributed by atoms with Crippen molar-refractivity contribution in [2.45, 2.75) is 39.2 Å². The van der Waals surface area contributed by atoms with E-state index < -0.39 is 6.10 Å². The number of esters is 1. The summed E-state index contributed by atoms with van der Waals surface area (Å²) in [7, 11) is 0. The van der Waals surface area contributed by atoms with Crippen LogP contribution in [0, 0.1) is 11.8 Å². The molecule has 4 heteroatoms. The number of carbonyl (C=O) groups excluding carboxylic acids is 1. The first kappa shape index (κ1) is 13.8. The van der Waals surface area contributed by atoms with Crippen molar-refractivity contribution < 1.29 is 14.6 Å². The molecule has 1 N–H and O–H groups in total. The van der Waals surface area contributed by atoms with E-state index in [-0.39, 0.29) is 17.8 Å². The van der Waals surface area contributed by atoms with Crippen molar-refractivity contribution in [3.8, 4) is 0 Å². The van der Waals surface area contributed by atoms with Crippen molar-refractivity contribution in [1.82, 2.24) is 0 Å². The highest BCUT2D eigenvalue weighted by Crippen LogP contribution is 2.31. The Labute approximate surface area is 102 Å². The molecule has 0 radical (unpaired) electrons. The summed E-state index contributed by atoms with van der Waals surface area (Å²) in [5, 5.41) is 10.2. The minimum atomic E-state index is -0.519. The Morgan fingerprint density at radius 2 is 2.31 bits per heavy atom. The van der Waals surface area contributed by atoms with Gasteiger partial charge in [-0.25, -0.2) is 0 Å². The summed E-state index contributed by atoms with van der Waals surface area (Å²) >= 11 is 1.86. The molecule has 1 aliphatic heterocycles. The Morgan fingerprint density at radius 1 is 1.56 bits per heavy atom. The fourth-order valence-electron chi connectivity index (χ4n) is 2.14. The van der Waals surface area contributed by atoms with Gasteiger partial charge in [0.2, 0.25) is 0 Å². The second-order valence-corrected chi connectivity index (χ2v) is 5.41. The molecule has 94 valence electrons. The highest BCUT2D eigenvalue weighted by atomic mass is 32.2. The largest absolute Gasteiger partial charge is 0.466 e. The first-order chi connectivity index (χ1) is 7.70. The Morgan fingerprint density at radius 3 is 2.81 bits per heavy atom. The number of hydrogen-bond donors (Lipinski definition) is 1. The average Bonchev–Trinajstić information content (AvgIpc) is 2.78. The van der Waals surface area contributed by atoms with Crippen LogP contribution >= 0.6 is 11.8 Å². The summed E-state index contributed by atoms with van der Waals surface area (Å²) in [6, 6.07) is 0. The van der Waals surface area contributed by atoms with Gasteiger partial charge < -0.3 is 9.84 Å². The van der Waals surface area contributed by atoms with Gasteiger partial charge in [-0.15, -0.1) is 0 Å². The molecule has 0 amide bonds. The van der Waals surface area contributed by atoms with Crippen LogP contribution in [0.4, 0.5) is 0 Å². The molecule has 1 heterocycles. The zero-order valence-electron chi connectivity index (χ0n) is 10.1. The minimum absolute atomic E-state index is 0.228. The molecule has 0 aromatic heterocycles. The van der Waals surface area contributed by atoms with Crippen LogP contribution in [0.25, 0.3) is 0 Å². The van der Waals surface area contributed by atoms with E-state index in [0.717, 1.165) is 30.8 Å². The number of rotatable bonds is 6. The molecular formula is C12H22O3S. The van der Waals surface area contributed by atoms with Gasteiger partial charge in [-0.1, -0.05) is 13.3 Å². The molecule has 3 nitrogen and oxygen atoms in total. The van der Waals surface area contributed by atoms with Gasteiger partial charge in [0.25, 0.3) is 0 Å². The van der Waals surface area contributed by atoms with Gasteiger partial charge in [0.05, 0.1) is 18.6 Å². The number of hydrogen-bond acceptors (Lipinski definition) is 4. The van der Waals surface area contributed by atoms with Crippen molar-refractivity contribution in [1.29, 1.82) is 0 Å². The van der Waals surface area contributed by atoms with Crippen LogP contribution < -0.4 is 0 Å². The van der Waals surface area contributed by atoms with Crippen molar-refractivity contribution in [2.24, 2.45) is 11.8 Å². The molecular weight excluding hydrogens is 224 g/mol. The monoisotopic (exact) mass is 246 g/mol. The van der Waals surface area contributed by atoms with E-state index in [0.29, 0.717) is 6.61 Å². The third kappa shape index (κ3) is 3.67. The quantitative estimate of drug-likeness (QED) is 0.729. The van der Waals surface area contributed by atoms with Crippen LogP contribution in [0.1, 0.15) is 33.1 Å². The normalized spacial score (nSPS) is 24.1. The smallest absolute Gasteiger partial charge is 0.311 e. The number of aliphatic hydroxyl groups is 1. The third-order valence-corrected chi connectivity index (χ3v) is 4.24. The Kier molecular flexibility index (Phi) is 6.21. The summed E-state index contributed by atoms with van der Waals surface area (Å²) in [6.07, 6.45) is 2.13. The molecule has 0 saturated carbocycles. The van der Waals surface area contributed by atoms with Crippen molar-refractivity contribution in [3.63, 3.8) is 0 Å². The lowest BCUT2D eigenvalue weighted by atomic mass is 9.87. The molecule has 1 fully saturated rings. The number of ether oxygens (including phenoxy) is 1. The van der Waals surface area contributed by atoms with Crippen LogP contribution in [-0.2, 0) is 9.53 Å².